The van der Waals surface area contributed by atoms with Gasteiger partial charge in [-0.2, -0.15) is 0 Å². The lowest BCUT2D eigenvalue weighted by Gasteiger charge is -2.42. The number of hydrogen-bond acceptors (Lipinski definition) is 15. The third kappa shape index (κ3) is 13.7. The van der Waals surface area contributed by atoms with Gasteiger partial charge in [-0.3, -0.25) is 4.79 Å². The van der Waals surface area contributed by atoms with E-state index >= 15 is 0 Å². The minimum absolute atomic E-state index is 0.0894. The van der Waals surface area contributed by atoms with Crippen LogP contribution >= 0.6 is 0 Å². The fourth-order valence-corrected chi connectivity index (χ4v) is 4.74. The zero-order chi connectivity index (χ0) is 32.5. The van der Waals surface area contributed by atoms with Crippen molar-refractivity contribution in [2.45, 2.75) is 82.4 Å². The maximum Gasteiger partial charge on any atom is 0.217 e. The van der Waals surface area contributed by atoms with E-state index in [0.717, 1.165) is 0 Å². The maximum absolute atomic E-state index is 11.5. The summed E-state index contributed by atoms with van der Waals surface area (Å²) in [7, 11) is 0. The molecule has 2 aliphatic heterocycles. The summed E-state index contributed by atoms with van der Waals surface area (Å²) in [4.78, 5) is 11.5. The Hall–Kier alpha value is -1.09. The average Bonchev–Trinajstić information content (AvgIpc) is 3.09. The molecule has 0 aromatic heterocycles. The number of carbonyl (C=O) groups is 1. The van der Waals surface area contributed by atoms with Gasteiger partial charge in [0.05, 0.1) is 85.4 Å². The molecule has 44 heavy (non-hydrogen) atoms. The van der Waals surface area contributed by atoms with E-state index in [9.17, 15) is 35.4 Å². The molecule has 2 fully saturated rings. The highest BCUT2D eigenvalue weighted by Crippen LogP contribution is 2.25. The van der Waals surface area contributed by atoms with E-state index in [0.29, 0.717) is 52.7 Å². The van der Waals surface area contributed by atoms with Gasteiger partial charge < -0.3 is 73.9 Å². The third-order valence-electron chi connectivity index (χ3n) is 7.16. The highest BCUT2D eigenvalue weighted by Gasteiger charge is 2.45. The van der Waals surface area contributed by atoms with E-state index in [2.05, 4.69) is 5.32 Å². The second-order valence-corrected chi connectivity index (χ2v) is 11.2. The molecule has 0 aliphatic carbocycles. The molecule has 0 spiro atoms. The summed E-state index contributed by atoms with van der Waals surface area (Å²) < 4.78 is 44.6. The number of hydrogen-bond donors (Lipinski definition) is 7. The maximum atomic E-state index is 11.5. The molecule has 2 aliphatic rings. The van der Waals surface area contributed by atoms with Crippen LogP contribution in [-0.4, -0.2) is 171 Å². The molecule has 16 heteroatoms. The summed E-state index contributed by atoms with van der Waals surface area (Å²) in [6.07, 6.45) is -8.26. The van der Waals surface area contributed by atoms with Crippen LogP contribution in [0, 0.1) is 11.8 Å². The fraction of sp³-hybridized carbons (Fsp3) is 0.964. The number of rotatable bonds is 21. The topological polar surface area (TPSA) is 224 Å². The van der Waals surface area contributed by atoms with Crippen LogP contribution < -0.4 is 5.32 Å². The lowest BCUT2D eigenvalue weighted by Crippen LogP contribution is -2.64. The smallest absolute Gasteiger partial charge is 0.217 e. The van der Waals surface area contributed by atoms with Crippen molar-refractivity contribution < 1.29 is 73.3 Å². The van der Waals surface area contributed by atoms with Crippen LogP contribution in [-0.2, 0) is 42.7 Å². The van der Waals surface area contributed by atoms with Crippen molar-refractivity contribution in [3.63, 3.8) is 0 Å². The fourth-order valence-electron chi connectivity index (χ4n) is 4.74. The molecule has 2 saturated heterocycles. The molecule has 0 aromatic carbocycles. The lowest BCUT2D eigenvalue weighted by atomic mass is 9.97. The Morgan fingerprint density at radius 1 is 0.750 bits per heavy atom. The number of nitrogens with one attached hydrogen (secondary N) is 1. The number of ether oxygens (including phenoxy) is 8. The van der Waals surface area contributed by atoms with Crippen molar-refractivity contribution in [2.24, 2.45) is 11.8 Å². The van der Waals surface area contributed by atoms with Crippen molar-refractivity contribution in [3.05, 3.63) is 0 Å². The summed E-state index contributed by atoms with van der Waals surface area (Å²) >= 11 is 0. The van der Waals surface area contributed by atoms with Gasteiger partial charge in [0.15, 0.2) is 12.6 Å². The van der Waals surface area contributed by atoms with Gasteiger partial charge in [0.1, 0.15) is 36.6 Å². The normalized spacial score (nSPS) is 33.6. The first-order chi connectivity index (χ1) is 21.1. The molecule has 0 aromatic rings. The monoisotopic (exact) mass is 643 g/mol. The lowest BCUT2D eigenvalue weighted by molar-refractivity contribution is -0.272. The Labute approximate surface area is 258 Å². The van der Waals surface area contributed by atoms with Crippen molar-refractivity contribution in [3.8, 4) is 0 Å². The van der Waals surface area contributed by atoms with Gasteiger partial charge in [0.2, 0.25) is 5.91 Å². The van der Waals surface area contributed by atoms with Crippen LogP contribution in [0.3, 0.4) is 0 Å². The molecule has 2 heterocycles. The molecule has 0 saturated carbocycles. The molecular formula is C28H53NO15. The standard InChI is InChI=1S/C28H53NO15/c1-17(15-39-6-4-37-8-10-41-27-18(2)12-20(33)24(34)21(13-30)43-27)16-40-7-5-38-9-11-42-28-23(29-19(3)32)26(36)25(35)22(14-31)44-28/h17-18,20-28,30-31,33-36H,4-16H2,1-3H3,(H,29,32)/t17?,18?,20?,21?,22?,23?,24-,25+,26?,27-,28-/m1/s1. The van der Waals surface area contributed by atoms with E-state index in [1.165, 1.54) is 6.92 Å². The van der Waals surface area contributed by atoms with E-state index < -0.39 is 74.4 Å². The van der Waals surface area contributed by atoms with Crippen LogP contribution in [0.2, 0.25) is 0 Å². The van der Waals surface area contributed by atoms with Crippen LogP contribution in [0.4, 0.5) is 0 Å². The molecule has 0 bridgehead atoms. The van der Waals surface area contributed by atoms with Crippen molar-refractivity contribution >= 4 is 5.91 Å². The first-order valence-electron chi connectivity index (χ1n) is 15.1. The summed E-state index contributed by atoms with van der Waals surface area (Å²) in [5.41, 5.74) is 0. The van der Waals surface area contributed by atoms with Gasteiger partial charge >= 0.3 is 0 Å². The number of amides is 1. The average molecular weight is 644 g/mol. The van der Waals surface area contributed by atoms with E-state index in [1.54, 1.807) is 0 Å². The summed E-state index contributed by atoms with van der Waals surface area (Å²) in [6.45, 7) is 7.44. The largest absolute Gasteiger partial charge is 0.394 e. The van der Waals surface area contributed by atoms with Gasteiger partial charge in [-0.15, -0.1) is 0 Å². The summed E-state index contributed by atoms with van der Waals surface area (Å²) in [5, 5.41) is 61.5. The van der Waals surface area contributed by atoms with Gasteiger partial charge in [-0.05, 0) is 6.42 Å². The predicted molar refractivity (Wildman–Crippen MR) is 151 cm³/mol. The van der Waals surface area contributed by atoms with Crippen LogP contribution in [0.25, 0.3) is 0 Å². The highest BCUT2D eigenvalue weighted by atomic mass is 16.7. The molecule has 11 atom stereocenters. The van der Waals surface area contributed by atoms with Gasteiger partial charge in [-0.1, -0.05) is 13.8 Å². The molecule has 16 nitrogen and oxygen atoms in total. The zero-order valence-electron chi connectivity index (χ0n) is 25.9. The van der Waals surface area contributed by atoms with Gasteiger partial charge in [0.25, 0.3) is 0 Å². The van der Waals surface area contributed by atoms with Crippen molar-refractivity contribution in [1.29, 1.82) is 0 Å². The van der Waals surface area contributed by atoms with Crippen molar-refractivity contribution in [1.82, 2.24) is 5.32 Å². The molecule has 7 unspecified atom stereocenters. The van der Waals surface area contributed by atoms with Crippen LogP contribution in [0.5, 0.6) is 0 Å². The Balaban J connectivity index is 1.45. The summed E-state index contributed by atoms with van der Waals surface area (Å²) in [6, 6.07) is -0.998. The second-order valence-electron chi connectivity index (χ2n) is 11.2. The van der Waals surface area contributed by atoms with Gasteiger partial charge in [-0.25, -0.2) is 0 Å². The van der Waals surface area contributed by atoms with E-state index in [4.69, 9.17) is 37.9 Å². The van der Waals surface area contributed by atoms with Gasteiger partial charge in [0, 0.05) is 18.8 Å². The van der Waals surface area contributed by atoms with Crippen LogP contribution in [0.15, 0.2) is 0 Å². The molecule has 1 amide bonds. The molecule has 260 valence electrons. The number of aliphatic hydroxyl groups is 6. The predicted octanol–water partition coefficient (Wildman–Crippen LogP) is -2.87. The first-order valence-corrected chi connectivity index (χ1v) is 15.1. The second kappa shape index (κ2) is 21.7. The Morgan fingerprint density at radius 2 is 1.23 bits per heavy atom. The molecule has 2 rings (SSSR count). The quantitative estimate of drug-likeness (QED) is 0.0625. The Kier molecular flexibility index (Phi) is 19.2. The number of aliphatic hydroxyl groups excluding tert-OH is 6. The first kappa shape index (κ1) is 39.1. The minimum Gasteiger partial charge on any atom is -0.394 e. The summed E-state index contributed by atoms with van der Waals surface area (Å²) in [5.74, 6) is -0.441. The van der Waals surface area contributed by atoms with Crippen LogP contribution in [0.1, 0.15) is 27.2 Å². The Morgan fingerprint density at radius 3 is 1.77 bits per heavy atom. The zero-order valence-corrected chi connectivity index (χ0v) is 25.9. The van der Waals surface area contributed by atoms with Crippen molar-refractivity contribution in [2.75, 3.05) is 79.3 Å². The number of carbonyl (C=O) groups excluding carboxylic acids is 1. The SMILES string of the molecule is CC(=O)NC1C(O)[C@@H](O)C(CO)O[C@H]1OCCOCCOCC(C)COCCOCCO[C@@H]1OC(CO)[C@H](O)C(O)CC1C. The molecular weight excluding hydrogens is 590 g/mol. The van der Waals surface area contributed by atoms with E-state index in [1.807, 2.05) is 13.8 Å². The third-order valence-corrected chi connectivity index (χ3v) is 7.16. The highest BCUT2D eigenvalue weighted by molar-refractivity contribution is 5.73. The Bertz CT molecular complexity index is 767. The minimum atomic E-state index is -1.37. The molecule has 7 N–H and O–H groups in total. The molecule has 0 radical (unpaired) electrons. The van der Waals surface area contributed by atoms with E-state index in [-0.39, 0.29) is 31.7 Å².